The molecule has 0 aliphatic carbocycles. The number of fused-ring (bicyclic) bond motifs is 1. The third kappa shape index (κ3) is 2.93. The third-order valence-corrected chi connectivity index (χ3v) is 4.45. The molecule has 2 aliphatic rings. The van der Waals surface area contributed by atoms with Crippen molar-refractivity contribution in [1.29, 1.82) is 0 Å². The Morgan fingerprint density at radius 2 is 1.83 bits per heavy atom. The molecule has 1 aromatic carbocycles. The second-order valence-corrected chi connectivity index (χ2v) is 6.03. The van der Waals surface area contributed by atoms with E-state index < -0.39 is 17.5 Å². The predicted molar refractivity (Wildman–Crippen MR) is 84.7 cm³/mol. The monoisotopic (exact) mass is 330 g/mol. The molecule has 2 saturated heterocycles. The minimum atomic E-state index is -0.429. The summed E-state index contributed by atoms with van der Waals surface area (Å²) >= 11 is 0. The summed E-state index contributed by atoms with van der Waals surface area (Å²) in [5.41, 5.74) is 0.123. The van der Waals surface area contributed by atoms with E-state index in [1.54, 1.807) is 0 Å². The van der Waals surface area contributed by atoms with Gasteiger partial charge in [0.15, 0.2) is 6.29 Å². The maximum absolute atomic E-state index is 12.0. The van der Waals surface area contributed by atoms with Gasteiger partial charge in [-0.3, -0.25) is 14.3 Å². The van der Waals surface area contributed by atoms with Crippen molar-refractivity contribution in [1.82, 2.24) is 9.55 Å². The van der Waals surface area contributed by atoms with E-state index in [0.717, 1.165) is 5.56 Å². The van der Waals surface area contributed by atoms with Crippen molar-refractivity contribution in [3.05, 3.63) is 69.0 Å². The summed E-state index contributed by atoms with van der Waals surface area (Å²) in [4.78, 5) is 25.5. The Kier molecular flexibility index (Phi) is 4.05. The van der Waals surface area contributed by atoms with Gasteiger partial charge >= 0.3 is 5.69 Å². The van der Waals surface area contributed by atoms with Gasteiger partial charge in [0.25, 0.3) is 5.56 Å². The Balaban J connectivity index is 1.52. The zero-order valence-corrected chi connectivity index (χ0v) is 13.0. The van der Waals surface area contributed by atoms with Crippen LogP contribution in [-0.4, -0.2) is 35.0 Å². The molecule has 0 saturated carbocycles. The van der Waals surface area contributed by atoms with Crippen molar-refractivity contribution in [2.75, 3.05) is 13.2 Å². The Morgan fingerprint density at radius 1 is 1.00 bits per heavy atom. The highest BCUT2D eigenvalue weighted by Gasteiger charge is 2.39. The summed E-state index contributed by atoms with van der Waals surface area (Å²) in [6.45, 7) is 0.841. The van der Waals surface area contributed by atoms with Gasteiger partial charge < -0.3 is 14.2 Å². The maximum Gasteiger partial charge on any atom is 0.328 e. The number of hydrogen-bond acceptors (Lipinski definition) is 5. The van der Waals surface area contributed by atoms with Gasteiger partial charge in [0.1, 0.15) is 6.10 Å². The highest BCUT2D eigenvalue weighted by atomic mass is 16.7. The van der Waals surface area contributed by atoms with Crippen LogP contribution in [0.15, 0.2) is 52.2 Å². The zero-order chi connectivity index (χ0) is 16.5. The molecule has 24 heavy (non-hydrogen) atoms. The molecule has 2 aromatic rings. The summed E-state index contributed by atoms with van der Waals surface area (Å²) in [6.07, 6.45) is 1.40. The van der Waals surface area contributed by atoms with Gasteiger partial charge in [-0.15, -0.1) is 0 Å². The summed E-state index contributed by atoms with van der Waals surface area (Å²) < 4.78 is 19.1. The van der Waals surface area contributed by atoms with Crippen molar-refractivity contribution in [2.24, 2.45) is 0 Å². The smallest absolute Gasteiger partial charge is 0.328 e. The van der Waals surface area contributed by atoms with E-state index in [9.17, 15) is 9.59 Å². The average Bonchev–Trinajstić information content (AvgIpc) is 2.61. The standard InChI is InChI=1S/C17H18N2O5/c20-15-6-7-19(17(21)18-15)12-8-13-14(22-9-12)10-23-16(24-13)11-4-2-1-3-5-11/h1-7,12-14,16H,8-10H2,(H,18,20,21)/t12-,13-,14+,16?/m0/s1. The molecule has 0 radical (unpaired) electrons. The summed E-state index contributed by atoms with van der Waals surface area (Å²) in [5.74, 6) is 0. The lowest BCUT2D eigenvalue weighted by atomic mass is 10.0. The second kappa shape index (κ2) is 6.35. The van der Waals surface area contributed by atoms with Gasteiger partial charge in [0, 0.05) is 17.8 Å². The fourth-order valence-electron chi connectivity index (χ4n) is 3.20. The molecule has 2 fully saturated rings. The molecule has 1 aromatic heterocycles. The summed E-state index contributed by atoms with van der Waals surface area (Å²) in [6, 6.07) is 10.9. The van der Waals surface area contributed by atoms with Gasteiger partial charge in [0.05, 0.1) is 25.4 Å². The molecule has 1 N–H and O–H groups in total. The molecule has 0 amide bonds. The first-order valence-corrected chi connectivity index (χ1v) is 7.96. The molecule has 0 spiro atoms. The van der Waals surface area contributed by atoms with Crippen LogP contribution in [0.4, 0.5) is 0 Å². The molecule has 2 aliphatic heterocycles. The normalized spacial score (nSPS) is 29.8. The van der Waals surface area contributed by atoms with Crippen LogP contribution >= 0.6 is 0 Å². The van der Waals surface area contributed by atoms with Crippen LogP contribution in [0.25, 0.3) is 0 Å². The Bertz CT molecular complexity index is 815. The van der Waals surface area contributed by atoms with E-state index in [2.05, 4.69) is 4.98 Å². The summed E-state index contributed by atoms with van der Waals surface area (Å²) in [7, 11) is 0. The average molecular weight is 330 g/mol. The van der Waals surface area contributed by atoms with Gasteiger partial charge in [0.2, 0.25) is 0 Å². The van der Waals surface area contributed by atoms with Crippen LogP contribution in [0.1, 0.15) is 24.3 Å². The van der Waals surface area contributed by atoms with Crippen molar-refractivity contribution >= 4 is 0 Å². The minimum Gasteiger partial charge on any atom is -0.371 e. The number of aromatic amines is 1. The molecule has 4 rings (SSSR count). The fraction of sp³-hybridized carbons (Fsp3) is 0.412. The molecule has 1 unspecified atom stereocenters. The van der Waals surface area contributed by atoms with E-state index >= 15 is 0 Å². The van der Waals surface area contributed by atoms with Crippen LogP contribution in [-0.2, 0) is 14.2 Å². The first kappa shape index (κ1) is 15.3. The Labute approximate surface area is 137 Å². The SMILES string of the molecule is O=c1ccn([C@@H]2CO[C@@H]3COC(c4ccccc4)O[C@H]3C2)c(=O)[nH]1. The number of ether oxygens (including phenoxy) is 3. The van der Waals surface area contributed by atoms with Gasteiger partial charge in [-0.1, -0.05) is 30.3 Å². The maximum atomic E-state index is 12.0. The van der Waals surface area contributed by atoms with E-state index in [-0.39, 0.29) is 18.2 Å². The van der Waals surface area contributed by atoms with Gasteiger partial charge in [-0.05, 0) is 6.42 Å². The molecule has 126 valence electrons. The van der Waals surface area contributed by atoms with Crippen LogP contribution in [0.3, 0.4) is 0 Å². The molecule has 3 heterocycles. The molecule has 7 heteroatoms. The number of H-pyrrole nitrogens is 1. The highest BCUT2D eigenvalue weighted by molar-refractivity contribution is 5.16. The van der Waals surface area contributed by atoms with Gasteiger partial charge in [-0.2, -0.15) is 0 Å². The molecular weight excluding hydrogens is 312 g/mol. The van der Waals surface area contributed by atoms with Gasteiger partial charge in [-0.25, -0.2) is 4.79 Å². The second-order valence-electron chi connectivity index (χ2n) is 6.03. The van der Waals surface area contributed by atoms with Crippen LogP contribution < -0.4 is 11.2 Å². The Morgan fingerprint density at radius 3 is 2.62 bits per heavy atom. The minimum absolute atomic E-state index is 0.139. The molecular formula is C17H18N2O5. The van der Waals surface area contributed by atoms with Crippen LogP contribution in [0.2, 0.25) is 0 Å². The zero-order valence-electron chi connectivity index (χ0n) is 13.0. The fourth-order valence-corrected chi connectivity index (χ4v) is 3.20. The third-order valence-electron chi connectivity index (χ3n) is 4.45. The quantitative estimate of drug-likeness (QED) is 0.887. The lowest BCUT2D eigenvalue weighted by Gasteiger charge is -2.42. The molecule has 7 nitrogen and oxygen atoms in total. The lowest BCUT2D eigenvalue weighted by Crippen LogP contribution is -2.49. The number of nitrogens with one attached hydrogen (secondary N) is 1. The molecule has 4 atom stereocenters. The van der Waals surface area contributed by atoms with E-state index in [1.807, 2.05) is 30.3 Å². The largest absolute Gasteiger partial charge is 0.371 e. The van der Waals surface area contributed by atoms with Crippen molar-refractivity contribution < 1.29 is 14.2 Å². The number of hydrogen-bond donors (Lipinski definition) is 1. The van der Waals surface area contributed by atoms with Crippen molar-refractivity contribution in [2.45, 2.75) is 31.0 Å². The number of benzene rings is 1. The van der Waals surface area contributed by atoms with E-state index in [4.69, 9.17) is 14.2 Å². The van der Waals surface area contributed by atoms with E-state index in [0.29, 0.717) is 19.6 Å². The summed E-state index contributed by atoms with van der Waals surface area (Å²) in [5, 5.41) is 0. The number of rotatable bonds is 2. The Hall–Kier alpha value is -2.22. The van der Waals surface area contributed by atoms with Crippen LogP contribution in [0.5, 0.6) is 0 Å². The molecule has 0 bridgehead atoms. The predicted octanol–water partition coefficient (Wildman–Crippen LogP) is 0.981. The topological polar surface area (TPSA) is 82.5 Å². The first-order valence-electron chi connectivity index (χ1n) is 7.96. The van der Waals surface area contributed by atoms with E-state index in [1.165, 1.54) is 16.8 Å². The number of aromatic nitrogens is 2. The highest BCUT2D eigenvalue weighted by Crippen LogP contribution is 2.34. The number of nitrogens with zero attached hydrogens (tertiary/aromatic N) is 1. The lowest BCUT2D eigenvalue weighted by molar-refractivity contribution is -0.282. The first-order chi connectivity index (χ1) is 11.7. The van der Waals surface area contributed by atoms with Crippen molar-refractivity contribution in [3.63, 3.8) is 0 Å². The van der Waals surface area contributed by atoms with Crippen molar-refractivity contribution in [3.8, 4) is 0 Å². The van der Waals surface area contributed by atoms with Crippen LogP contribution in [0, 0.1) is 0 Å².